The molecule has 2 aliphatic rings. The van der Waals surface area contributed by atoms with E-state index >= 15 is 0 Å². The lowest BCUT2D eigenvalue weighted by atomic mass is 10.1. The molecule has 1 aromatic heterocycles. The number of rotatable bonds is 2. The van der Waals surface area contributed by atoms with Crippen molar-refractivity contribution in [1.82, 2.24) is 19.6 Å². The molecule has 0 unspecified atom stereocenters. The van der Waals surface area contributed by atoms with Crippen LogP contribution >= 0.6 is 0 Å². The Labute approximate surface area is 136 Å². The Hall–Kier alpha value is -2.07. The molecular weight excluding hydrogens is 292 g/mol. The molecule has 0 aliphatic carbocycles. The van der Waals surface area contributed by atoms with Crippen LogP contribution < -0.4 is 5.32 Å². The fourth-order valence-corrected chi connectivity index (χ4v) is 3.47. The Kier molecular flexibility index (Phi) is 4.26. The van der Waals surface area contributed by atoms with Gasteiger partial charge in [0, 0.05) is 37.4 Å². The van der Waals surface area contributed by atoms with E-state index in [1.807, 2.05) is 18.7 Å². The first-order chi connectivity index (χ1) is 11.0. The monoisotopic (exact) mass is 316 g/mol. The van der Waals surface area contributed by atoms with Gasteiger partial charge in [0.1, 0.15) is 11.6 Å². The van der Waals surface area contributed by atoms with Crippen molar-refractivity contribution in [2.45, 2.75) is 51.7 Å². The van der Waals surface area contributed by atoms with Crippen molar-refractivity contribution < 1.29 is 4.79 Å². The number of hydrogen-bond acceptors (Lipinski definition) is 4. The number of urea groups is 1. The summed E-state index contributed by atoms with van der Waals surface area (Å²) in [6.07, 6.45) is 4.05. The van der Waals surface area contributed by atoms with Gasteiger partial charge in [0.15, 0.2) is 5.82 Å². The van der Waals surface area contributed by atoms with Gasteiger partial charge in [0.05, 0.1) is 0 Å². The van der Waals surface area contributed by atoms with Crippen LogP contribution in [0.5, 0.6) is 0 Å². The number of amides is 2. The van der Waals surface area contributed by atoms with Gasteiger partial charge < -0.3 is 4.90 Å². The maximum Gasteiger partial charge on any atom is 0.323 e. The lowest BCUT2D eigenvalue weighted by Crippen LogP contribution is -2.57. The highest BCUT2D eigenvalue weighted by Gasteiger charge is 2.36. The van der Waals surface area contributed by atoms with Crippen LogP contribution in [0, 0.1) is 11.3 Å². The third-order valence-corrected chi connectivity index (χ3v) is 4.81. The second kappa shape index (κ2) is 6.20. The highest BCUT2D eigenvalue weighted by atomic mass is 16.2. The topological polar surface area (TPSA) is 77.2 Å². The van der Waals surface area contributed by atoms with Gasteiger partial charge in [0.2, 0.25) is 0 Å². The molecule has 7 heteroatoms. The number of carbonyl (C=O) groups excluding carboxylic acids is 1. The molecule has 2 aliphatic heterocycles. The summed E-state index contributed by atoms with van der Waals surface area (Å²) in [7, 11) is 0. The summed E-state index contributed by atoms with van der Waals surface area (Å²) < 4.78 is 1.70. The van der Waals surface area contributed by atoms with E-state index in [0.717, 1.165) is 26.1 Å². The number of nitrogens with one attached hydrogen (secondary N) is 1. The summed E-state index contributed by atoms with van der Waals surface area (Å²) in [6.45, 7) is 8.86. The second-order valence-corrected chi connectivity index (χ2v) is 6.80. The average Bonchev–Trinajstić information content (AvgIpc) is 3.12. The molecule has 0 aromatic carbocycles. The SMILES string of the molecule is CC(C)n1cc(C#N)c(NC(=O)N2C[C@H]3CCCN3C[C@@H]2C)n1. The van der Waals surface area contributed by atoms with Crippen LogP contribution in [-0.4, -0.2) is 57.3 Å². The quantitative estimate of drug-likeness (QED) is 0.905. The molecule has 2 atom stereocenters. The van der Waals surface area contributed by atoms with Crippen LogP contribution in [0.25, 0.3) is 0 Å². The molecule has 7 nitrogen and oxygen atoms in total. The first-order valence-electron chi connectivity index (χ1n) is 8.30. The van der Waals surface area contributed by atoms with E-state index in [-0.39, 0.29) is 18.1 Å². The number of aromatic nitrogens is 2. The predicted molar refractivity (Wildman–Crippen MR) is 87.1 cm³/mol. The van der Waals surface area contributed by atoms with Gasteiger partial charge in [-0.2, -0.15) is 10.4 Å². The summed E-state index contributed by atoms with van der Waals surface area (Å²) in [6, 6.07) is 2.73. The third-order valence-electron chi connectivity index (χ3n) is 4.81. The van der Waals surface area contributed by atoms with Crippen LogP contribution in [0.2, 0.25) is 0 Å². The fourth-order valence-electron chi connectivity index (χ4n) is 3.47. The molecule has 2 amide bonds. The van der Waals surface area contributed by atoms with Gasteiger partial charge in [0.25, 0.3) is 0 Å². The molecule has 2 fully saturated rings. The average molecular weight is 316 g/mol. The molecule has 124 valence electrons. The predicted octanol–water partition coefficient (Wildman–Crippen LogP) is 2.04. The summed E-state index contributed by atoms with van der Waals surface area (Å²) >= 11 is 0. The number of nitrogens with zero attached hydrogens (tertiary/aromatic N) is 5. The van der Waals surface area contributed by atoms with Crippen molar-refractivity contribution in [3.8, 4) is 6.07 Å². The molecule has 3 heterocycles. The van der Waals surface area contributed by atoms with Crippen molar-refractivity contribution in [2.75, 3.05) is 25.0 Å². The van der Waals surface area contributed by atoms with Crippen LogP contribution in [0.1, 0.15) is 45.2 Å². The minimum absolute atomic E-state index is 0.147. The van der Waals surface area contributed by atoms with Crippen LogP contribution in [0.3, 0.4) is 0 Å². The molecule has 0 spiro atoms. The first-order valence-corrected chi connectivity index (χ1v) is 8.30. The van der Waals surface area contributed by atoms with Crippen molar-refractivity contribution >= 4 is 11.8 Å². The van der Waals surface area contributed by atoms with Crippen LogP contribution in [-0.2, 0) is 0 Å². The smallest absolute Gasteiger partial charge is 0.319 e. The highest BCUT2D eigenvalue weighted by Crippen LogP contribution is 2.25. The molecular formula is C16H24N6O. The molecule has 1 aromatic rings. The van der Waals surface area contributed by atoms with Gasteiger partial charge in [-0.25, -0.2) is 4.79 Å². The molecule has 1 N–H and O–H groups in total. The third kappa shape index (κ3) is 3.04. The summed E-state index contributed by atoms with van der Waals surface area (Å²) in [5.41, 5.74) is 0.402. The summed E-state index contributed by atoms with van der Waals surface area (Å²) in [5.74, 6) is 0.354. The van der Waals surface area contributed by atoms with Gasteiger partial charge in [-0.3, -0.25) is 14.9 Å². The zero-order valence-corrected chi connectivity index (χ0v) is 14.0. The molecule has 0 saturated carbocycles. The maximum absolute atomic E-state index is 12.7. The van der Waals surface area contributed by atoms with Gasteiger partial charge in [-0.1, -0.05) is 0 Å². The van der Waals surface area contributed by atoms with Gasteiger partial charge >= 0.3 is 6.03 Å². The van der Waals surface area contributed by atoms with E-state index in [9.17, 15) is 10.1 Å². The maximum atomic E-state index is 12.7. The van der Waals surface area contributed by atoms with Crippen LogP contribution in [0.4, 0.5) is 10.6 Å². The Morgan fingerprint density at radius 1 is 1.48 bits per heavy atom. The summed E-state index contributed by atoms with van der Waals surface area (Å²) in [5, 5.41) is 16.4. The normalized spacial score (nSPS) is 24.6. The second-order valence-electron chi connectivity index (χ2n) is 6.80. The van der Waals surface area contributed by atoms with E-state index in [2.05, 4.69) is 28.3 Å². The van der Waals surface area contributed by atoms with Crippen molar-refractivity contribution in [2.24, 2.45) is 0 Å². The molecule has 23 heavy (non-hydrogen) atoms. The molecule has 0 bridgehead atoms. The first kappa shape index (κ1) is 15.8. The minimum Gasteiger partial charge on any atom is -0.319 e. The van der Waals surface area contributed by atoms with Crippen molar-refractivity contribution in [1.29, 1.82) is 5.26 Å². The van der Waals surface area contributed by atoms with E-state index in [1.165, 1.54) is 6.42 Å². The number of piperazine rings is 1. The zero-order valence-electron chi connectivity index (χ0n) is 14.0. The molecule has 3 rings (SSSR count). The van der Waals surface area contributed by atoms with Crippen molar-refractivity contribution in [3.05, 3.63) is 11.8 Å². The Bertz CT molecular complexity index is 631. The Morgan fingerprint density at radius 3 is 2.96 bits per heavy atom. The number of anilines is 1. The van der Waals surface area contributed by atoms with E-state index in [1.54, 1.807) is 10.9 Å². The van der Waals surface area contributed by atoms with E-state index in [4.69, 9.17) is 0 Å². The number of fused-ring (bicyclic) bond motifs is 1. The number of nitriles is 1. The van der Waals surface area contributed by atoms with Crippen molar-refractivity contribution in [3.63, 3.8) is 0 Å². The zero-order chi connectivity index (χ0) is 16.6. The number of carbonyl (C=O) groups is 1. The highest BCUT2D eigenvalue weighted by molar-refractivity contribution is 5.89. The van der Waals surface area contributed by atoms with Gasteiger partial charge in [-0.15, -0.1) is 0 Å². The number of hydrogen-bond donors (Lipinski definition) is 1. The Morgan fingerprint density at radius 2 is 2.26 bits per heavy atom. The molecule has 0 radical (unpaired) electrons. The minimum atomic E-state index is -0.158. The fraction of sp³-hybridized carbons (Fsp3) is 0.688. The standard InChI is InChI=1S/C16H24N6O/c1-11(2)22-9-13(7-17)15(19-22)18-16(23)21-10-14-5-4-6-20(14)8-12(21)3/h9,11-12,14H,4-6,8,10H2,1-3H3,(H,18,19,23)/t12-,14+/m0/s1. The van der Waals surface area contributed by atoms with Gasteiger partial charge in [-0.05, 0) is 40.2 Å². The Balaban J connectivity index is 1.73. The summed E-state index contributed by atoms with van der Waals surface area (Å²) in [4.78, 5) is 17.0. The molecule has 2 saturated heterocycles. The van der Waals surface area contributed by atoms with E-state index in [0.29, 0.717) is 17.4 Å². The largest absolute Gasteiger partial charge is 0.323 e. The lowest BCUT2D eigenvalue weighted by Gasteiger charge is -2.42. The van der Waals surface area contributed by atoms with Crippen LogP contribution in [0.15, 0.2) is 6.20 Å². The van der Waals surface area contributed by atoms with E-state index < -0.39 is 0 Å². The lowest BCUT2D eigenvalue weighted by molar-refractivity contribution is 0.0861.